The number of carbonyl (C=O) groups excluding carboxylic acids is 1. The average Bonchev–Trinajstić information content (AvgIpc) is 2.91. The van der Waals surface area contributed by atoms with Crippen molar-refractivity contribution in [2.75, 3.05) is 39.8 Å². The zero-order chi connectivity index (χ0) is 24.8. The van der Waals surface area contributed by atoms with Crippen molar-refractivity contribution in [2.24, 2.45) is 0 Å². The summed E-state index contributed by atoms with van der Waals surface area (Å²) < 4.78 is 22.0. The summed E-state index contributed by atoms with van der Waals surface area (Å²) in [5.74, 6) is 1.61. The van der Waals surface area contributed by atoms with E-state index < -0.39 is 0 Å². The molecule has 1 aliphatic heterocycles. The van der Waals surface area contributed by atoms with Crippen molar-refractivity contribution in [3.63, 3.8) is 0 Å². The Morgan fingerprint density at radius 1 is 1.00 bits per heavy atom. The molecule has 3 aromatic carbocycles. The predicted octanol–water partition coefficient (Wildman–Crippen LogP) is 4.87. The highest BCUT2D eigenvalue weighted by molar-refractivity contribution is 7.80. The van der Waals surface area contributed by atoms with Gasteiger partial charge in [-0.25, -0.2) is 4.79 Å². The molecule has 182 valence electrons. The summed E-state index contributed by atoms with van der Waals surface area (Å²) in [7, 11) is 4.62. The number of hydrogen-bond acceptors (Lipinski definition) is 6. The summed E-state index contributed by atoms with van der Waals surface area (Å²) in [6.45, 7) is 1.06. The van der Waals surface area contributed by atoms with Gasteiger partial charge < -0.3 is 29.2 Å². The number of methoxy groups -OCH3 is 3. The van der Waals surface area contributed by atoms with Gasteiger partial charge in [-0.1, -0.05) is 18.2 Å². The van der Waals surface area contributed by atoms with E-state index in [0.29, 0.717) is 34.5 Å². The van der Waals surface area contributed by atoms with Gasteiger partial charge in [0.25, 0.3) is 0 Å². The van der Waals surface area contributed by atoms with Gasteiger partial charge in [0.1, 0.15) is 12.4 Å². The standard InChI is InChI=1S/C27H28N2O5S/c1-31-24-15-19-13-14-29(27(35)28-20-7-5-4-6-8-20)23(22(19)16-25(24)32-2)17-34-21-11-9-18(10-12-21)26(30)33-3/h4-12,15-16,23H,13-14,17H2,1-3H3,(H,28,35)/t23-/m0/s1. The zero-order valence-electron chi connectivity index (χ0n) is 19.9. The summed E-state index contributed by atoms with van der Waals surface area (Å²) in [4.78, 5) is 13.9. The van der Waals surface area contributed by atoms with Crippen LogP contribution >= 0.6 is 12.2 Å². The first kappa shape index (κ1) is 24.3. The van der Waals surface area contributed by atoms with Gasteiger partial charge in [0.2, 0.25) is 0 Å². The minimum atomic E-state index is -0.387. The Kier molecular flexibility index (Phi) is 7.72. The van der Waals surface area contributed by atoms with Crippen LogP contribution in [-0.2, 0) is 11.2 Å². The number of nitrogens with one attached hydrogen (secondary N) is 1. The van der Waals surface area contributed by atoms with Gasteiger partial charge in [0.15, 0.2) is 16.6 Å². The number of ether oxygens (including phenoxy) is 4. The molecular weight excluding hydrogens is 464 g/mol. The quantitative estimate of drug-likeness (QED) is 0.370. The van der Waals surface area contributed by atoms with Crippen LogP contribution in [0.25, 0.3) is 0 Å². The van der Waals surface area contributed by atoms with Crippen LogP contribution in [0.5, 0.6) is 17.2 Å². The molecular formula is C27H28N2O5S. The molecule has 1 aliphatic rings. The van der Waals surface area contributed by atoms with E-state index >= 15 is 0 Å². The lowest BCUT2D eigenvalue weighted by atomic mass is 9.92. The van der Waals surface area contributed by atoms with Gasteiger partial charge in [0, 0.05) is 12.2 Å². The van der Waals surface area contributed by atoms with Crippen molar-refractivity contribution in [2.45, 2.75) is 12.5 Å². The lowest BCUT2D eigenvalue weighted by Crippen LogP contribution is -2.44. The second-order valence-electron chi connectivity index (χ2n) is 7.99. The fourth-order valence-corrected chi connectivity index (χ4v) is 4.48. The Morgan fingerprint density at radius 2 is 1.69 bits per heavy atom. The number of para-hydroxylation sites is 1. The summed E-state index contributed by atoms with van der Waals surface area (Å²) in [5.41, 5.74) is 3.62. The van der Waals surface area contributed by atoms with Crippen LogP contribution in [-0.4, -0.2) is 50.5 Å². The van der Waals surface area contributed by atoms with Crippen LogP contribution in [0.15, 0.2) is 66.7 Å². The Morgan fingerprint density at radius 3 is 2.34 bits per heavy atom. The molecule has 0 unspecified atom stereocenters. The van der Waals surface area contributed by atoms with Crippen LogP contribution in [0.3, 0.4) is 0 Å². The maximum absolute atomic E-state index is 11.7. The molecule has 35 heavy (non-hydrogen) atoms. The summed E-state index contributed by atoms with van der Waals surface area (Å²) in [6, 6.07) is 20.6. The van der Waals surface area contributed by atoms with Crippen LogP contribution < -0.4 is 19.5 Å². The molecule has 0 fully saturated rings. The van der Waals surface area contributed by atoms with Gasteiger partial charge in [-0.05, 0) is 78.3 Å². The second kappa shape index (κ2) is 11.1. The Hall–Kier alpha value is -3.78. The molecule has 1 N–H and O–H groups in total. The molecule has 0 radical (unpaired) electrons. The number of fused-ring (bicyclic) bond motifs is 1. The Labute approximate surface area is 210 Å². The van der Waals surface area contributed by atoms with Crippen LogP contribution in [0, 0.1) is 0 Å². The van der Waals surface area contributed by atoms with E-state index in [9.17, 15) is 4.79 Å². The van der Waals surface area contributed by atoms with E-state index in [1.165, 1.54) is 7.11 Å². The maximum Gasteiger partial charge on any atom is 0.337 e. The molecule has 1 atom stereocenters. The van der Waals surface area contributed by atoms with Gasteiger partial charge in [0.05, 0.1) is 32.9 Å². The van der Waals surface area contributed by atoms with E-state index in [-0.39, 0.29) is 12.0 Å². The number of thiocarbonyl (C=S) groups is 1. The third kappa shape index (κ3) is 5.49. The van der Waals surface area contributed by atoms with E-state index in [1.807, 2.05) is 42.5 Å². The van der Waals surface area contributed by atoms with Gasteiger partial charge in [-0.15, -0.1) is 0 Å². The SMILES string of the molecule is COC(=O)c1ccc(OC[C@H]2c3cc(OC)c(OC)cc3CCN2C(=S)Nc2ccccc2)cc1. The van der Waals surface area contributed by atoms with Crippen molar-refractivity contribution < 1.29 is 23.7 Å². The van der Waals surface area contributed by atoms with E-state index in [0.717, 1.165) is 29.8 Å². The summed E-state index contributed by atoms with van der Waals surface area (Å²) >= 11 is 5.81. The lowest BCUT2D eigenvalue weighted by molar-refractivity contribution is 0.0600. The van der Waals surface area contributed by atoms with Crippen molar-refractivity contribution in [1.82, 2.24) is 4.90 Å². The van der Waals surface area contributed by atoms with Crippen molar-refractivity contribution >= 4 is 29.0 Å². The monoisotopic (exact) mass is 492 g/mol. The number of carbonyl (C=O) groups is 1. The van der Waals surface area contributed by atoms with E-state index in [1.54, 1.807) is 38.5 Å². The highest BCUT2D eigenvalue weighted by Gasteiger charge is 2.31. The van der Waals surface area contributed by atoms with Crippen molar-refractivity contribution in [3.05, 3.63) is 83.4 Å². The first-order valence-corrected chi connectivity index (χ1v) is 11.6. The maximum atomic E-state index is 11.7. The molecule has 0 saturated heterocycles. The molecule has 0 aromatic heterocycles. The molecule has 0 bridgehead atoms. The molecule has 0 saturated carbocycles. The number of rotatable bonds is 7. The lowest BCUT2D eigenvalue weighted by Gasteiger charge is -2.39. The summed E-state index contributed by atoms with van der Waals surface area (Å²) in [5, 5.41) is 3.96. The van der Waals surface area contributed by atoms with E-state index in [4.69, 9.17) is 31.2 Å². The van der Waals surface area contributed by atoms with Crippen LogP contribution in [0.1, 0.15) is 27.5 Å². The van der Waals surface area contributed by atoms with Crippen molar-refractivity contribution in [1.29, 1.82) is 0 Å². The largest absolute Gasteiger partial charge is 0.493 e. The smallest absolute Gasteiger partial charge is 0.337 e. The Balaban J connectivity index is 1.61. The van der Waals surface area contributed by atoms with Crippen LogP contribution in [0.2, 0.25) is 0 Å². The zero-order valence-corrected chi connectivity index (χ0v) is 20.8. The molecule has 0 aliphatic carbocycles. The van der Waals surface area contributed by atoms with Crippen molar-refractivity contribution in [3.8, 4) is 17.2 Å². The first-order chi connectivity index (χ1) is 17.0. The van der Waals surface area contributed by atoms with E-state index in [2.05, 4.69) is 10.2 Å². The highest BCUT2D eigenvalue weighted by atomic mass is 32.1. The minimum Gasteiger partial charge on any atom is -0.493 e. The number of hydrogen-bond donors (Lipinski definition) is 1. The van der Waals surface area contributed by atoms with Crippen LogP contribution in [0.4, 0.5) is 5.69 Å². The topological polar surface area (TPSA) is 69.3 Å². The first-order valence-electron chi connectivity index (χ1n) is 11.2. The fourth-order valence-electron chi connectivity index (χ4n) is 4.15. The fraction of sp³-hybridized carbons (Fsp3) is 0.259. The number of benzene rings is 3. The Bertz CT molecular complexity index is 1180. The molecule has 8 heteroatoms. The molecule has 1 heterocycles. The number of nitrogens with zero attached hydrogens (tertiary/aromatic N) is 1. The average molecular weight is 493 g/mol. The van der Waals surface area contributed by atoms with Gasteiger partial charge >= 0.3 is 5.97 Å². The number of esters is 1. The molecule has 0 spiro atoms. The molecule has 0 amide bonds. The number of anilines is 1. The summed E-state index contributed by atoms with van der Waals surface area (Å²) in [6.07, 6.45) is 0.802. The third-order valence-electron chi connectivity index (χ3n) is 5.97. The third-order valence-corrected chi connectivity index (χ3v) is 6.31. The highest BCUT2D eigenvalue weighted by Crippen LogP contribution is 2.38. The minimum absolute atomic E-state index is 0.164. The molecule has 4 rings (SSSR count). The second-order valence-corrected chi connectivity index (χ2v) is 8.38. The van der Waals surface area contributed by atoms with Gasteiger partial charge in [-0.2, -0.15) is 0 Å². The van der Waals surface area contributed by atoms with Gasteiger partial charge in [-0.3, -0.25) is 0 Å². The predicted molar refractivity (Wildman–Crippen MR) is 139 cm³/mol. The molecule has 3 aromatic rings. The molecule has 7 nitrogen and oxygen atoms in total. The normalized spacial score (nSPS) is 14.5.